The smallest absolute Gasteiger partial charge is 0.269 e. The fourth-order valence-corrected chi connectivity index (χ4v) is 2.33. The highest BCUT2D eigenvalue weighted by molar-refractivity contribution is 5.92. The number of pyridine rings is 1. The highest BCUT2D eigenvalue weighted by Gasteiger charge is 2.08. The molecular weight excluding hydrogens is 304 g/mol. The molecule has 1 heterocycles. The highest BCUT2D eigenvalue weighted by Crippen LogP contribution is 2.28. The van der Waals surface area contributed by atoms with Crippen LogP contribution < -0.4 is 14.8 Å². The lowest BCUT2D eigenvalue weighted by molar-refractivity contribution is 0.0949. The number of carbonyl (C=O) groups excluding carboxylic acids is 1. The Hall–Kier alpha value is -2.56. The van der Waals surface area contributed by atoms with Gasteiger partial charge in [-0.25, -0.2) is 4.98 Å². The summed E-state index contributed by atoms with van der Waals surface area (Å²) >= 11 is 0. The van der Waals surface area contributed by atoms with Crippen LogP contribution in [0.15, 0.2) is 36.4 Å². The van der Waals surface area contributed by atoms with Gasteiger partial charge in [0.05, 0.1) is 13.2 Å². The molecular formula is C19H24N2O3. The Labute approximate surface area is 143 Å². The van der Waals surface area contributed by atoms with Crippen LogP contribution in [-0.4, -0.2) is 30.6 Å². The summed E-state index contributed by atoms with van der Waals surface area (Å²) < 4.78 is 11.2. The summed E-state index contributed by atoms with van der Waals surface area (Å²) in [5, 5.41) is 2.89. The van der Waals surface area contributed by atoms with E-state index in [0.717, 1.165) is 22.8 Å². The SMILES string of the molecule is CCOc1ccc(CCNC(=O)c2cccc(C)n2)cc1OCC. The van der Waals surface area contributed by atoms with E-state index in [1.807, 2.05) is 51.1 Å². The molecule has 0 radical (unpaired) electrons. The third-order valence-electron chi connectivity index (χ3n) is 3.43. The fourth-order valence-electron chi connectivity index (χ4n) is 2.33. The van der Waals surface area contributed by atoms with Crippen molar-refractivity contribution < 1.29 is 14.3 Å². The molecule has 0 saturated heterocycles. The second-order valence-corrected chi connectivity index (χ2v) is 5.32. The summed E-state index contributed by atoms with van der Waals surface area (Å²) in [6, 6.07) is 11.3. The van der Waals surface area contributed by atoms with Crippen molar-refractivity contribution in [3.05, 3.63) is 53.3 Å². The Balaban J connectivity index is 1.94. The van der Waals surface area contributed by atoms with Gasteiger partial charge in [-0.2, -0.15) is 0 Å². The summed E-state index contributed by atoms with van der Waals surface area (Å²) in [6.45, 7) is 7.47. The lowest BCUT2D eigenvalue weighted by atomic mass is 10.1. The molecule has 0 saturated carbocycles. The molecule has 2 rings (SSSR count). The quantitative estimate of drug-likeness (QED) is 0.808. The van der Waals surface area contributed by atoms with Crippen LogP contribution in [0.4, 0.5) is 0 Å². The molecule has 0 aliphatic carbocycles. The lowest BCUT2D eigenvalue weighted by Crippen LogP contribution is -2.26. The van der Waals surface area contributed by atoms with Crippen LogP contribution in [0.5, 0.6) is 11.5 Å². The molecule has 0 bridgehead atoms. The van der Waals surface area contributed by atoms with E-state index in [1.54, 1.807) is 6.07 Å². The van der Waals surface area contributed by atoms with E-state index >= 15 is 0 Å². The minimum atomic E-state index is -0.158. The third-order valence-corrected chi connectivity index (χ3v) is 3.43. The molecule has 24 heavy (non-hydrogen) atoms. The van der Waals surface area contributed by atoms with Crippen molar-refractivity contribution in [2.24, 2.45) is 0 Å². The summed E-state index contributed by atoms with van der Waals surface area (Å²) in [4.78, 5) is 16.3. The standard InChI is InChI=1S/C19H24N2O3/c1-4-23-17-10-9-15(13-18(17)24-5-2)11-12-20-19(22)16-8-6-7-14(3)21-16/h6-10,13H,4-5,11-12H2,1-3H3,(H,20,22). The van der Waals surface area contributed by atoms with Crippen LogP contribution >= 0.6 is 0 Å². The van der Waals surface area contributed by atoms with Crippen LogP contribution in [0.3, 0.4) is 0 Å². The number of aromatic nitrogens is 1. The largest absolute Gasteiger partial charge is 0.490 e. The Morgan fingerprint density at radius 3 is 2.54 bits per heavy atom. The van der Waals surface area contributed by atoms with Crippen molar-refractivity contribution in [3.8, 4) is 11.5 Å². The van der Waals surface area contributed by atoms with Gasteiger partial charge in [-0.05, 0) is 57.0 Å². The average molecular weight is 328 g/mol. The molecule has 0 spiro atoms. The second kappa shape index (κ2) is 8.91. The Bertz CT molecular complexity index is 686. The number of hydrogen-bond acceptors (Lipinski definition) is 4. The predicted octanol–water partition coefficient (Wildman–Crippen LogP) is 3.16. The zero-order valence-electron chi connectivity index (χ0n) is 14.5. The van der Waals surface area contributed by atoms with Gasteiger partial charge in [0.1, 0.15) is 5.69 Å². The van der Waals surface area contributed by atoms with Gasteiger partial charge >= 0.3 is 0 Å². The molecule has 5 heteroatoms. The molecule has 1 N–H and O–H groups in total. The van der Waals surface area contributed by atoms with E-state index in [-0.39, 0.29) is 5.91 Å². The number of carbonyl (C=O) groups is 1. The number of amides is 1. The maximum absolute atomic E-state index is 12.1. The first-order valence-corrected chi connectivity index (χ1v) is 8.24. The van der Waals surface area contributed by atoms with E-state index in [1.165, 1.54) is 0 Å². The fraction of sp³-hybridized carbons (Fsp3) is 0.368. The number of rotatable bonds is 8. The molecule has 5 nitrogen and oxygen atoms in total. The molecule has 0 aliphatic rings. The van der Waals surface area contributed by atoms with Gasteiger partial charge in [0.2, 0.25) is 0 Å². The maximum atomic E-state index is 12.1. The van der Waals surface area contributed by atoms with Crippen molar-refractivity contribution in [1.82, 2.24) is 10.3 Å². The normalized spacial score (nSPS) is 10.3. The monoisotopic (exact) mass is 328 g/mol. The first-order chi connectivity index (χ1) is 11.6. The van der Waals surface area contributed by atoms with Crippen molar-refractivity contribution in [3.63, 3.8) is 0 Å². The van der Waals surface area contributed by atoms with Gasteiger partial charge in [-0.1, -0.05) is 12.1 Å². The maximum Gasteiger partial charge on any atom is 0.269 e. The van der Waals surface area contributed by atoms with Gasteiger partial charge in [0.25, 0.3) is 5.91 Å². The van der Waals surface area contributed by atoms with Crippen LogP contribution in [0.1, 0.15) is 35.6 Å². The Kier molecular flexibility index (Phi) is 6.61. The molecule has 0 atom stereocenters. The van der Waals surface area contributed by atoms with Crippen molar-refractivity contribution in [2.45, 2.75) is 27.2 Å². The summed E-state index contributed by atoms with van der Waals surface area (Å²) in [6.07, 6.45) is 0.712. The van der Waals surface area contributed by atoms with Crippen LogP contribution in [-0.2, 0) is 6.42 Å². The highest BCUT2D eigenvalue weighted by atomic mass is 16.5. The van der Waals surface area contributed by atoms with Gasteiger partial charge in [-0.3, -0.25) is 4.79 Å². The average Bonchev–Trinajstić information content (AvgIpc) is 2.57. The molecule has 1 amide bonds. The molecule has 128 valence electrons. The minimum absolute atomic E-state index is 0.158. The molecule has 2 aromatic rings. The van der Waals surface area contributed by atoms with E-state index < -0.39 is 0 Å². The predicted molar refractivity (Wildman–Crippen MR) is 93.8 cm³/mol. The lowest BCUT2D eigenvalue weighted by Gasteiger charge is -2.12. The number of nitrogens with one attached hydrogen (secondary N) is 1. The zero-order chi connectivity index (χ0) is 17.4. The zero-order valence-corrected chi connectivity index (χ0v) is 14.5. The Morgan fingerprint density at radius 2 is 1.83 bits per heavy atom. The third kappa shape index (κ3) is 4.98. The molecule has 1 aromatic carbocycles. The minimum Gasteiger partial charge on any atom is -0.490 e. The first-order valence-electron chi connectivity index (χ1n) is 8.24. The molecule has 1 aromatic heterocycles. The van der Waals surface area contributed by atoms with E-state index in [9.17, 15) is 4.79 Å². The van der Waals surface area contributed by atoms with E-state index in [4.69, 9.17) is 9.47 Å². The number of nitrogens with zero attached hydrogens (tertiary/aromatic N) is 1. The van der Waals surface area contributed by atoms with Gasteiger partial charge < -0.3 is 14.8 Å². The second-order valence-electron chi connectivity index (χ2n) is 5.32. The van der Waals surface area contributed by atoms with Crippen molar-refractivity contribution in [1.29, 1.82) is 0 Å². The van der Waals surface area contributed by atoms with Crippen LogP contribution in [0.2, 0.25) is 0 Å². The molecule has 0 aliphatic heterocycles. The van der Waals surface area contributed by atoms with Crippen molar-refractivity contribution >= 4 is 5.91 Å². The number of aryl methyl sites for hydroxylation is 1. The molecule has 0 fully saturated rings. The summed E-state index contributed by atoms with van der Waals surface area (Å²) in [5.74, 6) is 1.33. The summed E-state index contributed by atoms with van der Waals surface area (Å²) in [5.41, 5.74) is 2.35. The van der Waals surface area contributed by atoms with Gasteiger partial charge in [-0.15, -0.1) is 0 Å². The number of benzene rings is 1. The van der Waals surface area contributed by atoms with Crippen molar-refractivity contribution in [2.75, 3.05) is 19.8 Å². The first kappa shape index (κ1) is 17.8. The van der Waals surface area contributed by atoms with Gasteiger partial charge in [0.15, 0.2) is 11.5 Å². The van der Waals surface area contributed by atoms with E-state index in [0.29, 0.717) is 31.9 Å². The Morgan fingerprint density at radius 1 is 1.08 bits per heavy atom. The van der Waals surface area contributed by atoms with E-state index in [2.05, 4.69) is 10.3 Å². The summed E-state index contributed by atoms with van der Waals surface area (Å²) in [7, 11) is 0. The molecule has 0 unspecified atom stereocenters. The van der Waals surface area contributed by atoms with Crippen LogP contribution in [0.25, 0.3) is 0 Å². The topological polar surface area (TPSA) is 60.5 Å². The van der Waals surface area contributed by atoms with Gasteiger partial charge in [0, 0.05) is 12.2 Å². The number of hydrogen-bond donors (Lipinski definition) is 1. The number of ether oxygens (including phenoxy) is 2. The van der Waals surface area contributed by atoms with Crippen LogP contribution in [0, 0.1) is 6.92 Å².